The molecule has 1 rings (SSSR count). The lowest BCUT2D eigenvalue weighted by Crippen LogP contribution is -2.55. The summed E-state index contributed by atoms with van der Waals surface area (Å²) in [6, 6.07) is 10.1. The summed E-state index contributed by atoms with van der Waals surface area (Å²) in [6.07, 6.45) is -0.379. The summed E-state index contributed by atoms with van der Waals surface area (Å²) in [7, 11) is -1.64. The molecule has 4 nitrogen and oxygen atoms in total. The van der Waals surface area contributed by atoms with Crippen LogP contribution in [0.1, 0.15) is 12.5 Å². The van der Waals surface area contributed by atoms with Crippen molar-refractivity contribution in [3.63, 3.8) is 0 Å². The van der Waals surface area contributed by atoms with Crippen LogP contribution in [0.4, 0.5) is 4.79 Å². The van der Waals surface area contributed by atoms with E-state index in [2.05, 4.69) is 37.2 Å². The van der Waals surface area contributed by atoms with Crippen molar-refractivity contribution in [2.45, 2.75) is 33.1 Å². The van der Waals surface area contributed by atoms with Crippen molar-refractivity contribution in [3.8, 4) is 0 Å². The molecule has 0 aliphatic heterocycles. The van der Waals surface area contributed by atoms with Gasteiger partial charge in [0, 0.05) is 6.54 Å². The van der Waals surface area contributed by atoms with E-state index in [1.54, 1.807) is 6.92 Å². The van der Waals surface area contributed by atoms with E-state index in [0.29, 0.717) is 13.2 Å². The van der Waals surface area contributed by atoms with Gasteiger partial charge in [0.15, 0.2) is 0 Å². The predicted molar refractivity (Wildman–Crippen MR) is 75.5 cm³/mol. The molecule has 0 aliphatic rings. The standard InChI is InChI=1S/C13H22N2O2Si/c1-5-17-13(16)14-15(18(2,3)4)11-12-9-7-6-8-10-12/h6-10H,5,11H2,1-4H3,(H,14,16). The minimum atomic E-state index is -1.64. The molecule has 0 spiro atoms. The lowest BCUT2D eigenvalue weighted by atomic mass is 10.2. The lowest BCUT2D eigenvalue weighted by molar-refractivity contribution is 0.130. The largest absolute Gasteiger partial charge is 0.449 e. The number of amides is 1. The van der Waals surface area contributed by atoms with Gasteiger partial charge < -0.3 is 4.74 Å². The molecule has 0 heterocycles. The van der Waals surface area contributed by atoms with Crippen LogP contribution in [-0.4, -0.2) is 25.6 Å². The van der Waals surface area contributed by atoms with Crippen LogP contribution in [0.25, 0.3) is 0 Å². The van der Waals surface area contributed by atoms with E-state index in [1.807, 2.05) is 22.9 Å². The number of nitrogens with one attached hydrogen (secondary N) is 1. The summed E-state index contributed by atoms with van der Waals surface area (Å²) in [5, 5.41) is 0. The Morgan fingerprint density at radius 3 is 2.39 bits per heavy atom. The Kier molecular flexibility index (Phi) is 5.37. The van der Waals surface area contributed by atoms with Gasteiger partial charge in [0.1, 0.15) is 8.24 Å². The molecule has 1 N–H and O–H groups in total. The highest BCUT2D eigenvalue weighted by Crippen LogP contribution is 2.12. The summed E-state index contributed by atoms with van der Waals surface area (Å²) in [4.78, 5) is 11.5. The summed E-state index contributed by atoms with van der Waals surface area (Å²) in [5.41, 5.74) is 4.02. The Morgan fingerprint density at radius 2 is 1.89 bits per heavy atom. The number of hydrazine groups is 1. The minimum Gasteiger partial charge on any atom is -0.449 e. The topological polar surface area (TPSA) is 41.6 Å². The third kappa shape index (κ3) is 4.89. The molecule has 0 saturated heterocycles. The van der Waals surface area contributed by atoms with E-state index in [9.17, 15) is 4.79 Å². The molecule has 0 atom stereocenters. The molecule has 0 fully saturated rings. The van der Waals surface area contributed by atoms with Gasteiger partial charge in [-0.3, -0.25) is 5.43 Å². The maximum absolute atomic E-state index is 11.5. The quantitative estimate of drug-likeness (QED) is 0.658. The molecule has 1 aromatic carbocycles. The number of nitrogens with zero attached hydrogens (tertiary/aromatic N) is 1. The second kappa shape index (κ2) is 6.56. The van der Waals surface area contributed by atoms with Crippen LogP contribution in [-0.2, 0) is 11.3 Å². The molecule has 0 aromatic heterocycles. The summed E-state index contributed by atoms with van der Waals surface area (Å²) in [6.45, 7) is 9.44. The van der Waals surface area contributed by atoms with Crippen LogP contribution in [0, 0.1) is 0 Å². The second-order valence-corrected chi connectivity index (χ2v) is 9.96. The molecule has 0 radical (unpaired) electrons. The van der Waals surface area contributed by atoms with Crippen LogP contribution in [0.15, 0.2) is 30.3 Å². The first-order valence-electron chi connectivity index (χ1n) is 6.18. The molecule has 100 valence electrons. The van der Waals surface area contributed by atoms with Crippen molar-refractivity contribution in [1.29, 1.82) is 0 Å². The normalized spacial score (nSPS) is 11.4. The van der Waals surface area contributed by atoms with Crippen molar-refractivity contribution < 1.29 is 9.53 Å². The lowest BCUT2D eigenvalue weighted by Gasteiger charge is -2.33. The SMILES string of the molecule is CCOC(=O)NN(Cc1ccccc1)[Si](C)(C)C. The first kappa shape index (κ1) is 14.7. The summed E-state index contributed by atoms with van der Waals surface area (Å²) < 4.78 is 6.95. The molecule has 1 aromatic rings. The Hall–Kier alpha value is -1.33. The third-order valence-electron chi connectivity index (χ3n) is 2.49. The monoisotopic (exact) mass is 266 g/mol. The summed E-state index contributed by atoms with van der Waals surface area (Å²) >= 11 is 0. The smallest absolute Gasteiger partial charge is 0.421 e. The molecular formula is C13H22N2O2Si. The zero-order valence-corrected chi connectivity index (χ0v) is 12.6. The number of benzene rings is 1. The molecule has 0 aliphatic carbocycles. The van der Waals surface area contributed by atoms with Crippen molar-refractivity contribution >= 4 is 14.3 Å². The Bertz CT molecular complexity index is 376. The van der Waals surface area contributed by atoms with E-state index < -0.39 is 8.24 Å². The van der Waals surface area contributed by atoms with Gasteiger partial charge in [-0.15, -0.1) is 0 Å². The molecule has 0 saturated carbocycles. The number of carbonyl (C=O) groups excluding carboxylic acids is 1. The molecule has 5 heteroatoms. The number of ether oxygens (including phenoxy) is 1. The number of hydrogen-bond acceptors (Lipinski definition) is 3. The summed E-state index contributed by atoms with van der Waals surface area (Å²) in [5.74, 6) is 0. The number of hydrogen-bond donors (Lipinski definition) is 1. The molecule has 1 amide bonds. The van der Waals surface area contributed by atoms with E-state index in [-0.39, 0.29) is 6.09 Å². The zero-order valence-electron chi connectivity index (χ0n) is 11.6. The van der Waals surface area contributed by atoms with E-state index in [0.717, 1.165) is 0 Å². The predicted octanol–water partition coefficient (Wildman–Crippen LogP) is 2.98. The fourth-order valence-electron chi connectivity index (χ4n) is 1.48. The van der Waals surface area contributed by atoms with Crippen LogP contribution < -0.4 is 5.43 Å². The number of rotatable bonds is 5. The average molecular weight is 266 g/mol. The van der Waals surface area contributed by atoms with Crippen molar-refractivity contribution in [1.82, 2.24) is 10.1 Å². The van der Waals surface area contributed by atoms with Gasteiger partial charge in [0.25, 0.3) is 0 Å². The average Bonchev–Trinajstić information content (AvgIpc) is 2.28. The van der Waals surface area contributed by atoms with Gasteiger partial charge in [-0.2, -0.15) is 0 Å². The zero-order chi connectivity index (χ0) is 13.6. The highest BCUT2D eigenvalue weighted by molar-refractivity contribution is 6.73. The fourth-order valence-corrected chi connectivity index (χ4v) is 2.57. The highest BCUT2D eigenvalue weighted by Gasteiger charge is 2.26. The minimum absolute atomic E-state index is 0.379. The van der Waals surface area contributed by atoms with E-state index >= 15 is 0 Å². The Morgan fingerprint density at radius 1 is 1.28 bits per heavy atom. The maximum Gasteiger partial charge on any atom is 0.421 e. The fraction of sp³-hybridized carbons (Fsp3) is 0.462. The number of carbonyl (C=O) groups is 1. The van der Waals surface area contributed by atoms with Gasteiger partial charge in [0.2, 0.25) is 0 Å². The van der Waals surface area contributed by atoms with E-state index in [4.69, 9.17) is 4.74 Å². The second-order valence-electron chi connectivity index (χ2n) is 5.07. The molecular weight excluding hydrogens is 244 g/mol. The van der Waals surface area contributed by atoms with Crippen molar-refractivity contribution in [2.75, 3.05) is 6.61 Å². The Labute approximate surface area is 110 Å². The van der Waals surface area contributed by atoms with E-state index in [1.165, 1.54) is 5.56 Å². The maximum atomic E-state index is 11.5. The van der Waals surface area contributed by atoms with Crippen LogP contribution >= 0.6 is 0 Å². The molecule has 0 unspecified atom stereocenters. The first-order valence-corrected chi connectivity index (χ1v) is 9.63. The Balaban J connectivity index is 2.71. The molecule has 18 heavy (non-hydrogen) atoms. The van der Waals surface area contributed by atoms with Crippen molar-refractivity contribution in [3.05, 3.63) is 35.9 Å². The highest BCUT2D eigenvalue weighted by atomic mass is 28.3. The van der Waals surface area contributed by atoms with Gasteiger partial charge in [-0.05, 0) is 12.5 Å². The van der Waals surface area contributed by atoms with Crippen molar-refractivity contribution in [2.24, 2.45) is 0 Å². The van der Waals surface area contributed by atoms with Crippen LogP contribution in [0.2, 0.25) is 19.6 Å². The van der Waals surface area contributed by atoms with Crippen LogP contribution in [0.3, 0.4) is 0 Å². The van der Waals surface area contributed by atoms with Gasteiger partial charge >= 0.3 is 6.09 Å². The van der Waals surface area contributed by atoms with Gasteiger partial charge in [0.05, 0.1) is 6.61 Å². The van der Waals surface area contributed by atoms with Gasteiger partial charge in [-0.25, -0.2) is 9.47 Å². The third-order valence-corrected chi connectivity index (χ3v) is 4.38. The van der Waals surface area contributed by atoms with Crippen LogP contribution in [0.5, 0.6) is 0 Å². The molecule has 0 bridgehead atoms. The first-order chi connectivity index (χ1) is 8.43. The van der Waals surface area contributed by atoms with Gasteiger partial charge in [-0.1, -0.05) is 50.0 Å².